The van der Waals surface area contributed by atoms with Gasteiger partial charge in [-0.25, -0.2) is 0 Å². The summed E-state index contributed by atoms with van der Waals surface area (Å²) < 4.78 is 5.25. The molecule has 0 saturated carbocycles. The number of rotatable bonds is 6. The molecule has 0 fully saturated rings. The molecule has 1 aromatic rings. The van der Waals surface area contributed by atoms with Gasteiger partial charge in [0.15, 0.2) is 0 Å². The van der Waals surface area contributed by atoms with Crippen molar-refractivity contribution in [3.63, 3.8) is 0 Å². The normalized spacial score (nSPS) is 10.1. The molecule has 2 N–H and O–H groups in total. The van der Waals surface area contributed by atoms with Crippen LogP contribution in [0.2, 0.25) is 0 Å². The predicted molar refractivity (Wildman–Crippen MR) is 67.8 cm³/mol. The molecule has 0 aromatic heterocycles. The zero-order valence-corrected chi connectivity index (χ0v) is 10.5. The van der Waals surface area contributed by atoms with Gasteiger partial charge in [0.25, 0.3) is 0 Å². The van der Waals surface area contributed by atoms with Gasteiger partial charge < -0.3 is 15.4 Å². The molecule has 0 heterocycles. The van der Waals surface area contributed by atoms with Gasteiger partial charge in [-0.15, -0.1) is 0 Å². The number of hydrogen-bond donors (Lipinski definition) is 1. The molecule has 0 aliphatic heterocycles. The van der Waals surface area contributed by atoms with Gasteiger partial charge in [0.2, 0.25) is 5.91 Å². The number of carbonyl (C=O) groups is 1. The fourth-order valence-corrected chi connectivity index (χ4v) is 1.62. The number of nitrogens with two attached hydrogens (primary N) is 1. The monoisotopic (exact) mass is 236 g/mol. The lowest BCUT2D eigenvalue weighted by Crippen LogP contribution is -2.26. The van der Waals surface area contributed by atoms with Gasteiger partial charge in [-0.2, -0.15) is 0 Å². The van der Waals surface area contributed by atoms with Gasteiger partial charge in [0.1, 0.15) is 5.75 Å². The molecule has 1 rings (SSSR count). The SMILES string of the molecule is COc1ccccc1CN(C)C(=O)CCCN. The van der Waals surface area contributed by atoms with Crippen molar-refractivity contribution in [1.82, 2.24) is 4.90 Å². The highest BCUT2D eigenvalue weighted by Crippen LogP contribution is 2.18. The number of carbonyl (C=O) groups excluding carboxylic acids is 1. The van der Waals surface area contributed by atoms with E-state index in [1.54, 1.807) is 19.1 Å². The Kier molecular flexibility index (Phi) is 5.49. The van der Waals surface area contributed by atoms with Gasteiger partial charge in [-0.1, -0.05) is 18.2 Å². The highest BCUT2D eigenvalue weighted by atomic mass is 16.5. The second-order valence-corrected chi connectivity index (χ2v) is 3.95. The standard InChI is InChI=1S/C13H20N2O2/c1-15(13(16)8-5-9-14)10-11-6-3-4-7-12(11)17-2/h3-4,6-7H,5,8-10,14H2,1-2H3. The minimum atomic E-state index is 0.112. The van der Waals surface area contributed by atoms with E-state index in [0.717, 1.165) is 17.7 Å². The van der Waals surface area contributed by atoms with Crippen LogP contribution in [0.15, 0.2) is 24.3 Å². The zero-order chi connectivity index (χ0) is 12.7. The van der Waals surface area contributed by atoms with E-state index >= 15 is 0 Å². The summed E-state index contributed by atoms with van der Waals surface area (Å²) in [5.41, 5.74) is 6.40. The quantitative estimate of drug-likeness (QED) is 0.812. The van der Waals surface area contributed by atoms with E-state index in [4.69, 9.17) is 10.5 Å². The fraction of sp³-hybridized carbons (Fsp3) is 0.462. The molecular formula is C13H20N2O2. The molecule has 17 heavy (non-hydrogen) atoms. The lowest BCUT2D eigenvalue weighted by atomic mass is 10.2. The highest BCUT2D eigenvalue weighted by molar-refractivity contribution is 5.75. The van der Waals surface area contributed by atoms with E-state index in [0.29, 0.717) is 19.5 Å². The summed E-state index contributed by atoms with van der Waals surface area (Å²) in [6.45, 7) is 1.11. The molecule has 0 bridgehead atoms. The Morgan fingerprint density at radius 3 is 2.76 bits per heavy atom. The maximum Gasteiger partial charge on any atom is 0.222 e. The molecule has 0 unspecified atom stereocenters. The number of benzene rings is 1. The van der Waals surface area contributed by atoms with Gasteiger partial charge in [-0.3, -0.25) is 4.79 Å². The largest absolute Gasteiger partial charge is 0.496 e. The van der Waals surface area contributed by atoms with E-state index < -0.39 is 0 Å². The van der Waals surface area contributed by atoms with Crippen molar-refractivity contribution in [2.75, 3.05) is 20.7 Å². The first kappa shape index (κ1) is 13.5. The van der Waals surface area contributed by atoms with Crippen molar-refractivity contribution in [2.45, 2.75) is 19.4 Å². The van der Waals surface area contributed by atoms with E-state index in [9.17, 15) is 4.79 Å². The van der Waals surface area contributed by atoms with E-state index in [-0.39, 0.29) is 5.91 Å². The number of methoxy groups -OCH3 is 1. The first-order valence-corrected chi connectivity index (χ1v) is 5.75. The first-order valence-electron chi connectivity index (χ1n) is 5.75. The van der Waals surface area contributed by atoms with Crippen LogP contribution in [0, 0.1) is 0 Å². The van der Waals surface area contributed by atoms with Crippen LogP contribution < -0.4 is 10.5 Å². The van der Waals surface area contributed by atoms with Crippen LogP contribution in [0.25, 0.3) is 0 Å². The second kappa shape index (κ2) is 6.91. The van der Waals surface area contributed by atoms with Crippen LogP contribution in [0.3, 0.4) is 0 Å². The number of hydrogen-bond acceptors (Lipinski definition) is 3. The Hall–Kier alpha value is -1.55. The van der Waals surface area contributed by atoms with Crippen molar-refractivity contribution in [3.8, 4) is 5.75 Å². The van der Waals surface area contributed by atoms with Crippen LogP contribution >= 0.6 is 0 Å². The molecule has 0 atom stereocenters. The molecule has 0 radical (unpaired) electrons. The summed E-state index contributed by atoms with van der Waals surface area (Å²) in [6, 6.07) is 7.72. The fourth-order valence-electron chi connectivity index (χ4n) is 1.62. The van der Waals surface area contributed by atoms with Crippen molar-refractivity contribution < 1.29 is 9.53 Å². The van der Waals surface area contributed by atoms with Gasteiger partial charge in [0.05, 0.1) is 7.11 Å². The van der Waals surface area contributed by atoms with Crippen LogP contribution in [0.5, 0.6) is 5.75 Å². The topological polar surface area (TPSA) is 55.6 Å². The first-order chi connectivity index (χ1) is 8.19. The van der Waals surface area contributed by atoms with Crippen molar-refractivity contribution in [3.05, 3.63) is 29.8 Å². The lowest BCUT2D eigenvalue weighted by Gasteiger charge is -2.18. The lowest BCUT2D eigenvalue weighted by molar-refractivity contribution is -0.130. The Morgan fingerprint density at radius 1 is 1.41 bits per heavy atom. The molecule has 0 aliphatic carbocycles. The van der Waals surface area contributed by atoms with Crippen LogP contribution in [0.1, 0.15) is 18.4 Å². The zero-order valence-electron chi connectivity index (χ0n) is 10.5. The van der Waals surface area contributed by atoms with Crippen LogP contribution in [-0.4, -0.2) is 31.5 Å². The highest BCUT2D eigenvalue weighted by Gasteiger charge is 2.10. The summed E-state index contributed by atoms with van der Waals surface area (Å²) in [7, 11) is 3.43. The Balaban J connectivity index is 2.60. The minimum Gasteiger partial charge on any atom is -0.496 e. The number of amides is 1. The minimum absolute atomic E-state index is 0.112. The molecule has 1 aromatic carbocycles. The van der Waals surface area contributed by atoms with Crippen molar-refractivity contribution in [2.24, 2.45) is 5.73 Å². The summed E-state index contributed by atoms with van der Waals surface area (Å²) in [4.78, 5) is 13.4. The Morgan fingerprint density at radius 2 is 2.12 bits per heavy atom. The Labute approximate surface area is 102 Å². The molecule has 0 spiro atoms. The number of nitrogens with zero attached hydrogens (tertiary/aromatic N) is 1. The molecule has 4 nitrogen and oxygen atoms in total. The maximum atomic E-state index is 11.7. The van der Waals surface area contributed by atoms with Crippen molar-refractivity contribution >= 4 is 5.91 Å². The van der Waals surface area contributed by atoms with Gasteiger partial charge in [0, 0.05) is 25.6 Å². The van der Waals surface area contributed by atoms with E-state index in [2.05, 4.69) is 0 Å². The smallest absolute Gasteiger partial charge is 0.222 e. The molecule has 0 saturated heterocycles. The average molecular weight is 236 g/mol. The second-order valence-electron chi connectivity index (χ2n) is 3.95. The predicted octanol–water partition coefficient (Wildman–Crippen LogP) is 1.39. The van der Waals surface area contributed by atoms with Gasteiger partial charge in [-0.05, 0) is 19.0 Å². The molecule has 4 heteroatoms. The molecular weight excluding hydrogens is 216 g/mol. The van der Waals surface area contributed by atoms with Crippen molar-refractivity contribution in [1.29, 1.82) is 0 Å². The third-order valence-electron chi connectivity index (χ3n) is 2.62. The van der Waals surface area contributed by atoms with E-state index in [1.165, 1.54) is 0 Å². The average Bonchev–Trinajstić information content (AvgIpc) is 2.36. The summed E-state index contributed by atoms with van der Waals surface area (Å²) >= 11 is 0. The maximum absolute atomic E-state index is 11.7. The summed E-state index contributed by atoms with van der Waals surface area (Å²) in [6.07, 6.45) is 1.23. The third kappa shape index (κ3) is 4.07. The molecule has 0 aliphatic rings. The third-order valence-corrected chi connectivity index (χ3v) is 2.62. The molecule has 94 valence electrons. The number of ether oxygens (including phenoxy) is 1. The van der Waals surface area contributed by atoms with Gasteiger partial charge >= 0.3 is 0 Å². The molecule has 1 amide bonds. The summed E-state index contributed by atoms with van der Waals surface area (Å²) in [5.74, 6) is 0.923. The van der Waals surface area contributed by atoms with Crippen LogP contribution in [-0.2, 0) is 11.3 Å². The van der Waals surface area contributed by atoms with E-state index in [1.807, 2.05) is 24.3 Å². The van der Waals surface area contributed by atoms with Crippen LogP contribution in [0.4, 0.5) is 0 Å². The summed E-state index contributed by atoms with van der Waals surface area (Å²) in [5, 5.41) is 0. The number of para-hydroxylation sites is 1. The Bertz CT molecular complexity index is 366.